The first kappa shape index (κ1) is 39.8. The van der Waals surface area contributed by atoms with E-state index in [0.717, 1.165) is 34.8 Å². The van der Waals surface area contributed by atoms with Gasteiger partial charge in [0.25, 0.3) is 11.7 Å². The van der Waals surface area contributed by atoms with Gasteiger partial charge in [0.1, 0.15) is 24.1 Å². The van der Waals surface area contributed by atoms with Crippen molar-refractivity contribution in [2.45, 2.75) is 83.4 Å². The predicted octanol–water partition coefficient (Wildman–Crippen LogP) is 1.42. The Labute approximate surface area is 281 Å². The van der Waals surface area contributed by atoms with Gasteiger partial charge >= 0.3 is 29.8 Å². The second kappa shape index (κ2) is 19.5. The van der Waals surface area contributed by atoms with Crippen LogP contribution in [0.5, 0.6) is 5.75 Å². The Morgan fingerprint density at radius 3 is 2.29 bits per heavy atom. The lowest BCUT2D eigenvalue weighted by atomic mass is 9.87. The zero-order valence-corrected chi connectivity index (χ0v) is 27.6. The Kier molecular flexibility index (Phi) is 15.8. The highest BCUT2D eigenvalue weighted by atomic mass is 16.7. The first-order valence-electron chi connectivity index (χ1n) is 14.8. The molecule has 1 amide bonds. The van der Waals surface area contributed by atoms with Gasteiger partial charge < -0.3 is 43.2 Å². The topological polar surface area (TPSA) is 237 Å². The summed E-state index contributed by atoms with van der Waals surface area (Å²) in [4.78, 5) is 77.3. The predicted molar refractivity (Wildman–Crippen MR) is 164 cm³/mol. The standard InChI is InChI=1S/C31H38N4O14/c1-7-8-13-43-23-11-9-22(10-12-23)16-45-31(30(41)42-6)14-24(46-19(3)37)27(34-26(40)17-44-18(2)36)29(49-31)28(48-21(5)39)25(15-33-35-32)47-20(4)38/h1,9-12,24-25,27-29H,8,13-17H2,2-6H3,(H,34,40)/t24-,25+,27+,28+,29+,31+/m0/s1. The molecule has 18 nitrogen and oxygen atoms in total. The van der Waals surface area contributed by atoms with Gasteiger partial charge in [0.15, 0.2) is 12.7 Å². The first-order chi connectivity index (χ1) is 23.2. The Balaban J connectivity index is 2.69. The van der Waals surface area contributed by atoms with Crippen molar-refractivity contribution in [3.8, 4) is 18.1 Å². The van der Waals surface area contributed by atoms with E-state index in [-0.39, 0.29) is 6.61 Å². The van der Waals surface area contributed by atoms with E-state index < -0.39 is 91.6 Å². The SMILES string of the molecule is C#CCCOc1ccc(CO[C@]2(C(=O)OC)C[C@H](OC(C)=O)[C@@H](NC(=O)COC(C)=O)[C@H]([C@H](OC(C)=O)[C@@H](CN=[N+]=[N-])OC(C)=O)O2)cc1. The molecular formula is C31H38N4O14. The Morgan fingerprint density at radius 1 is 1.06 bits per heavy atom. The van der Waals surface area contributed by atoms with Crippen molar-refractivity contribution in [1.29, 1.82) is 0 Å². The molecule has 1 fully saturated rings. The smallest absolute Gasteiger partial charge is 0.366 e. The number of terminal acetylenes is 1. The first-order valence-corrected chi connectivity index (χ1v) is 14.8. The minimum absolute atomic E-state index is 0.292. The Bertz CT molecular complexity index is 1430. The van der Waals surface area contributed by atoms with E-state index in [9.17, 15) is 28.8 Å². The van der Waals surface area contributed by atoms with Crippen LogP contribution in [0.3, 0.4) is 0 Å². The van der Waals surface area contributed by atoms with Crippen molar-refractivity contribution >= 4 is 35.8 Å². The van der Waals surface area contributed by atoms with Gasteiger partial charge in [-0.25, -0.2) is 4.79 Å². The van der Waals surface area contributed by atoms with Gasteiger partial charge in [-0.05, 0) is 23.2 Å². The lowest BCUT2D eigenvalue weighted by molar-refractivity contribution is -0.316. The van der Waals surface area contributed by atoms with E-state index in [1.165, 1.54) is 0 Å². The van der Waals surface area contributed by atoms with Crippen molar-refractivity contribution in [3.63, 3.8) is 0 Å². The van der Waals surface area contributed by atoms with Gasteiger partial charge in [-0.3, -0.25) is 24.0 Å². The molecule has 1 aromatic carbocycles. The van der Waals surface area contributed by atoms with E-state index in [2.05, 4.69) is 21.3 Å². The van der Waals surface area contributed by atoms with E-state index in [4.69, 9.17) is 49.8 Å². The zero-order chi connectivity index (χ0) is 36.6. The van der Waals surface area contributed by atoms with E-state index in [1.807, 2.05) is 0 Å². The lowest BCUT2D eigenvalue weighted by Crippen LogP contribution is -2.69. The van der Waals surface area contributed by atoms with Gasteiger partial charge in [0, 0.05) is 39.0 Å². The quantitative estimate of drug-likeness (QED) is 0.0463. The fraction of sp³-hybridized carbons (Fsp3) is 0.548. The molecule has 1 saturated heterocycles. The number of carbonyl (C=O) groups is 6. The number of ether oxygens (including phenoxy) is 8. The van der Waals surface area contributed by atoms with Crippen LogP contribution in [0.1, 0.15) is 46.1 Å². The number of esters is 5. The van der Waals surface area contributed by atoms with Crippen LogP contribution >= 0.6 is 0 Å². The summed E-state index contributed by atoms with van der Waals surface area (Å²) < 4.78 is 44.0. The molecule has 0 bridgehead atoms. The number of benzene rings is 1. The fourth-order valence-electron chi connectivity index (χ4n) is 4.75. The molecule has 18 heteroatoms. The molecule has 266 valence electrons. The summed E-state index contributed by atoms with van der Waals surface area (Å²) >= 11 is 0. The van der Waals surface area contributed by atoms with Gasteiger partial charge in [-0.2, -0.15) is 0 Å². The van der Waals surface area contributed by atoms with E-state index in [0.29, 0.717) is 24.3 Å². The summed E-state index contributed by atoms with van der Waals surface area (Å²) in [6.07, 6.45) is -1.45. The zero-order valence-electron chi connectivity index (χ0n) is 27.6. The third kappa shape index (κ3) is 12.6. The van der Waals surface area contributed by atoms with E-state index in [1.54, 1.807) is 24.3 Å². The van der Waals surface area contributed by atoms with Crippen molar-refractivity contribution in [1.82, 2.24) is 5.32 Å². The number of hydrogen-bond donors (Lipinski definition) is 1. The molecule has 1 aliphatic heterocycles. The van der Waals surface area contributed by atoms with Crippen LogP contribution in [0.25, 0.3) is 10.4 Å². The van der Waals surface area contributed by atoms with Crippen LogP contribution in [0.4, 0.5) is 0 Å². The highest BCUT2D eigenvalue weighted by molar-refractivity contribution is 5.81. The minimum atomic E-state index is -2.41. The van der Waals surface area contributed by atoms with Crippen LogP contribution in [0.2, 0.25) is 0 Å². The normalized spacial score (nSPS) is 20.9. The van der Waals surface area contributed by atoms with Crippen molar-refractivity contribution in [3.05, 3.63) is 40.3 Å². The number of amides is 1. The number of hydrogen-bond acceptors (Lipinski definition) is 15. The molecule has 0 aromatic heterocycles. The van der Waals surface area contributed by atoms with Crippen molar-refractivity contribution in [2.24, 2.45) is 5.11 Å². The lowest BCUT2D eigenvalue weighted by Gasteiger charge is -2.48. The van der Waals surface area contributed by atoms with Crippen molar-refractivity contribution in [2.75, 3.05) is 26.9 Å². The molecule has 0 saturated carbocycles. The third-order valence-corrected chi connectivity index (χ3v) is 6.64. The van der Waals surface area contributed by atoms with Gasteiger partial charge in [0.05, 0.1) is 39.3 Å². The molecule has 0 aliphatic carbocycles. The molecule has 49 heavy (non-hydrogen) atoms. The maximum atomic E-state index is 13.5. The number of azide groups is 1. The molecule has 0 spiro atoms. The maximum absolute atomic E-state index is 13.5. The molecule has 6 atom stereocenters. The van der Waals surface area contributed by atoms with E-state index >= 15 is 0 Å². The number of carbonyl (C=O) groups excluding carboxylic acids is 6. The largest absolute Gasteiger partial charge is 0.493 e. The highest BCUT2D eigenvalue weighted by Gasteiger charge is 2.59. The highest BCUT2D eigenvalue weighted by Crippen LogP contribution is 2.37. The number of nitrogens with zero attached hydrogens (tertiary/aromatic N) is 3. The fourth-order valence-corrected chi connectivity index (χ4v) is 4.75. The molecule has 0 radical (unpaired) electrons. The Morgan fingerprint density at radius 2 is 1.73 bits per heavy atom. The summed E-state index contributed by atoms with van der Waals surface area (Å²) in [6, 6.07) is 5.06. The number of rotatable bonds is 17. The summed E-state index contributed by atoms with van der Waals surface area (Å²) in [5.74, 6) is -4.94. The Hall–Kier alpha value is -5.37. The molecule has 0 unspecified atom stereocenters. The summed E-state index contributed by atoms with van der Waals surface area (Å²) in [5, 5.41) is 5.93. The minimum Gasteiger partial charge on any atom is -0.493 e. The molecule has 1 heterocycles. The average molecular weight is 691 g/mol. The second-order valence-electron chi connectivity index (χ2n) is 10.4. The van der Waals surface area contributed by atoms with Gasteiger partial charge in [-0.15, -0.1) is 12.3 Å². The monoisotopic (exact) mass is 690 g/mol. The molecule has 1 aromatic rings. The number of nitrogens with one attached hydrogen (secondary N) is 1. The summed E-state index contributed by atoms with van der Waals surface area (Å²) in [5.41, 5.74) is 9.52. The summed E-state index contributed by atoms with van der Waals surface area (Å²) in [6.45, 7) is 2.77. The molecule has 1 aliphatic rings. The van der Waals surface area contributed by atoms with Crippen LogP contribution in [-0.2, 0) is 68.5 Å². The van der Waals surface area contributed by atoms with Crippen LogP contribution in [0.15, 0.2) is 29.4 Å². The van der Waals surface area contributed by atoms with Crippen LogP contribution < -0.4 is 10.1 Å². The maximum Gasteiger partial charge on any atom is 0.366 e. The number of methoxy groups -OCH3 is 1. The van der Waals surface area contributed by atoms with Crippen LogP contribution in [-0.4, -0.2) is 98.9 Å². The molecule has 1 N–H and O–H groups in total. The van der Waals surface area contributed by atoms with Gasteiger partial charge in [-0.1, -0.05) is 17.2 Å². The molecule has 2 rings (SSSR count). The van der Waals surface area contributed by atoms with Crippen molar-refractivity contribution < 1.29 is 66.7 Å². The molecular weight excluding hydrogens is 652 g/mol. The van der Waals surface area contributed by atoms with Crippen LogP contribution in [0, 0.1) is 12.3 Å². The van der Waals surface area contributed by atoms with Gasteiger partial charge in [0.2, 0.25) is 0 Å². The summed E-state index contributed by atoms with van der Waals surface area (Å²) in [7, 11) is 1.04. The third-order valence-electron chi connectivity index (χ3n) is 6.64. The average Bonchev–Trinajstić information content (AvgIpc) is 3.04. The second-order valence-corrected chi connectivity index (χ2v) is 10.4.